The van der Waals surface area contributed by atoms with Gasteiger partial charge in [0.05, 0.1) is 5.92 Å². The van der Waals surface area contributed by atoms with Crippen LogP contribution < -0.4 is 5.73 Å². The molecule has 2 N–H and O–H groups in total. The van der Waals surface area contributed by atoms with Crippen LogP contribution in [-0.2, 0) is 0 Å². The topological polar surface area (TPSA) is 26.0 Å². The predicted molar refractivity (Wildman–Crippen MR) is 42.3 cm³/mol. The van der Waals surface area contributed by atoms with E-state index < -0.39 is 12.1 Å². The minimum Gasteiger partial charge on any atom is -0.405 e. The molecular weight excluding hydrogens is 167 g/mol. The Balaban J connectivity index is 4.55. The molecule has 0 aromatic carbocycles. The highest BCUT2D eigenvalue weighted by molar-refractivity contribution is 5.21. The summed E-state index contributed by atoms with van der Waals surface area (Å²) in [7, 11) is 0. The number of allylic oxidation sites excluding steroid dienone is 3. The molecule has 0 heterocycles. The fourth-order valence-electron chi connectivity index (χ4n) is 0.791. The van der Waals surface area contributed by atoms with Crippen molar-refractivity contribution in [1.82, 2.24) is 0 Å². The maximum Gasteiger partial charge on any atom is 0.395 e. The van der Waals surface area contributed by atoms with Crippen molar-refractivity contribution >= 4 is 0 Å². The molecule has 0 fully saturated rings. The average Bonchev–Trinajstić information content (AvgIpc) is 1.97. The third-order valence-corrected chi connectivity index (χ3v) is 1.61. The summed E-state index contributed by atoms with van der Waals surface area (Å²) in [5, 5.41) is 0. The zero-order chi connectivity index (χ0) is 9.78. The summed E-state index contributed by atoms with van der Waals surface area (Å²) in [4.78, 5) is 0. The van der Waals surface area contributed by atoms with Crippen LogP contribution in [-0.4, -0.2) is 6.18 Å². The fourth-order valence-corrected chi connectivity index (χ4v) is 0.791. The standard InChI is InChI=1S/C8H12F3N/c1-3-7(4-5-12)6(2)8(9,10)11/h3-6H,12H2,1-2H3/b5-4-,7-3+. The zero-order valence-electron chi connectivity index (χ0n) is 7.02. The van der Waals surface area contributed by atoms with Gasteiger partial charge in [0, 0.05) is 0 Å². The average molecular weight is 179 g/mol. The maximum atomic E-state index is 12.1. The first-order valence-corrected chi connectivity index (χ1v) is 3.54. The lowest BCUT2D eigenvalue weighted by molar-refractivity contribution is -0.158. The number of nitrogens with two attached hydrogens (primary N) is 1. The minimum absolute atomic E-state index is 0.185. The van der Waals surface area contributed by atoms with Crippen molar-refractivity contribution in [3.63, 3.8) is 0 Å². The summed E-state index contributed by atoms with van der Waals surface area (Å²) < 4.78 is 36.3. The first-order valence-electron chi connectivity index (χ1n) is 3.54. The Labute approximate surface area is 69.8 Å². The van der Waals surface area contributed by atoms with Gasteiger partial charge >= 0.3 is 6.18 Å². The van der Waals surface area contributed by atoms with Gasteiger partial charge in [-0.2, -0.15) is 13.2 Å². The van der Waals surface area contributed by atoms with Crippen LogP contribution in [0.4, 0.5) is 13.2 Å². The minimum atomic E-state index is -4.19. The van der Waals surface area contributed by atoms with Crippen LogP contribution in [0.25, 0.3) is 0 Å². The van der Waals surface area contributed by atoms with Gasteiger partial charge in [-0.1, -0.05) is 6.08 Å². The quantitative estimate of drug-likeness (QED) is 0.648. The van der Waals surface area contributed by atoms with E-state index in [2.05, 4.69) is 0 Å². The van der Waals surface area contributed by atoms with Crippen LogP contribution in [0.15, 0.2) is 23.9 Å². The van der Waals surface area contributed by atoms with Gasteiger partial charge < -0.3 is 5.73 Å². The Morgan fingerprint density at radius 2 is 1.92 bits per heavy atom. The van der Waals surface area contributed by atoms with E-state index in [9.17, 15) is 13.2 Å². The predicted octanol–water partition coefficient (Wildman–Crippen LogP) is 2.60. The zero-order valence-corrected chi connectivity index (χ0v) is 7.02. The van der Waals surface area contributed by atoms with Crippen LogP contribution in [0.5, 0.6) is 0 Å². The third kappa shape index (κ3) is 2.98. The van der Waals surface area contributed by atoms with Gasteiger partial charge in [0.1, 0.15) is 0 Å². The van der Waals surface area contributed by atoms with Crippen LogP contribution >= 0.6 is 0 Å². The summed E-state index contributed by atoms with van der Waals surface area (Å²) >= 11 is 0. The Hall–Kier alpha value is -0.930. The Morgan fingerprint density at radius 3 is 2.17 bits per heavy atom. The molecule has 0 aliphatic heterocycles. The smallest absolute Gasteiger partial charge is 0.395 e. The van der Waals surface area contributed by atoms with Crippen LogP contribution in [0.3, 0.4) is 0 Å². The lowest BCUT2D eigenvalue weighted by Crippen LogP contribution is -2.21. The molecule has 0 radical (unpaired) electrons. The normalized spacial score (nSPS) is 16.9. The Morgan fingerprint density at radius 1 is 1.42 bits per heavy atom. The van der Waals surface area contributed by atoms with Gasteiger partial charge in [0.15, 0.2) is 0 Å². The number of hydrogen-bond donors (Lipinski definition) is 1. The summed E-state index contributed by atoms with van der Waals surface area (Å²) in [5.74, 6) is -1.46. The lowest BCUT2D eigenvalue weighted by atomic mass is 10.0. The molecule has 0 aromatic rings. The van der Waals surface area contributed by atoms with Gasteiger partial charge in [0.25, 0.3) is 0 Å². The first kappa shape index (κ1) is 11.1. The van der Waals surface area contributed by atoms with E-state index >= 15 is 0 Å². The highest BCUT2D eigenvalue weighted by Gasteiger charge is 2.37. The van der Waals surface area contributed by atoms with Crippen molar-refractivity contribution in [2.24, 2.45) is 11.7 Å². The second-order valence-corrected chi connectivity index (χ2v) is 2.41. The van der Waals surface area contributed by atoms with Crippen LogP contribution in [0.2, 0.25) is 0 Å². The molecule has 0 amide bonds. The lowest BCUT2D eigenvalue weighted by Gasteiger charge is -2.16. The van der Waals surface area contributed by atoms with E-state index in [4.69, 9.17) is 5.73 Å². The Bertz CT molecular complexity index is 191. The van der Waals surface area contributed by atoms with Crippen LogP contribution in [0, 0.1) is 5.92 Å². The summed E-state index contributed by atoms with van der Waals surface area (Å²) in [5.41, 5.74) is 5.18. The molecule has 0 rings (SSSR count). The van der Waals surface area contributed by atoms with Crippen molar-refractivity contribution in [2.75, 3.05) is 0 Å². The first-order chi connectivity index (χ1) is 5.43. The second kappa shape index (κ2) is 4.18. The van der Waals surface area contributed by atoms with E-state index in [1.807, 2.05) is 0 Å². The van der Waals surface area contributed by atoms with Gasteiger partial charge in [-0.05, 0) is 31.7 Å². The summed E-state index contributed by atoms with van der Waals surface area (Å²) in [6.45, 7) is 2.66. The fraction of sp³-hybridized carbons (Fsp3) is 0.500. The summed E-state index contributed by atoms with van der Waals surface area (Å²) in [6.07, 6.45) is -0.418. The van der Waals surface area contributed by atoms with Gasteiger partial charge in [-0.15, -0.1) is 0 Å². The van der Waals surface area contributed by atoms with Crippen molar-refractivity contribution in [3.05, 3.63) is 23.9 Å². The van der Waals surface area contributed by atoms with E-state index in [-0.39, 0.29) is 5.57 Å². The van der Waals surface area contributed by atoms with Gasteiger partial charge in [0.2, 0.25) is 0 Å². The molecule has 0 spiro atoms. The molecule has 1 nitrogen and oxygen atoms in total. The molecule has 1 unspecified atom stereocenters. The number of halogens is 3. The molecule has 0 aliphatic rings. The van der Waals surface area contributed by atoms with E-state index in [0.29, 0.717) is 0 Å². The highest BCUT2D eigenvalue weighted by atomic mass is 19.4. The monoisotopic (exact) mass is 179 g/mol. The van der Waals surface area contributed by atoms with Crippen molar-refractivity contribution in [3.8, 4) is 0 Å². The maximum absolute atomic E-state index is 12.1. The second-order valence-electron chi connectivity index (χ2n) is 2.41. The molecule has 0 aromatic heterocycles. The van der Waals surface area contributed by atoms with Crippen molar-refractivity contribution in [2.45, 2.75) is 20.0 Å². The van der Waals surface area contributed by atoms with E-state index in [1.54, 1.807) is 6.92 Å². The third-order valence-electron chi connectivity index (χ3n) is 1.61. The number of alkyl halides is 3. The molecule has 0 bridgehead atoms. The number of rotatable bonds is 2. The Kier molecular flexibility index (Phi) is 3.86. The van der Waals surface area contributed by atoms with Gasteiger partial charge in [-0.3, -0.25) is 0 Å². The molecule has 4 heteroatoms. The van der Waals surface area contributed by atoms with Gasteiger partial charge in [-0.25, -0.2) is 0 Å². The van der Waals surface area contributed by atoms with Crippen molar-refractivity contribution in [1.29, 1.82) is 0 Å². The van der Waals surface area contributed by atoms with Crippen LogP contribution in [0.1, 0.15) is 13.8 Å². The summed E-state index contributed by atoms with van der Waals surface area (Å²) in [6, 6.07) is 0. The molecule has 70 valence electrons. The molecule has 0 saturated carbocycles. The van der Waals surface area contributed by atoms with Crippen molar-refractivity contribution < 1.29 is 13.2 Å². The molecular formula is C8H12F3N. The molecule has 12 heavy (non-hydrogen) atoms. The SMILES string of the molecule is C/C=C(\C=C/N)C(C)C(F)(F)F. The largest absolute Gasteiger partial charge is 0.405 e. The molecule has 0 aliphatic carbocycles. The molecule has 0 saturated heterocycles. The molecule has 1 atom stereocenters. The van der Waals surface area contributed by atoms with E-state index in [1.165, 1.54) is 12.2 Å². The van der Waals surface area contributed by atoms with E-state index in [0.717, 1.165) is 13.1 Å². The number of hydrogen-bond acceptors (Lipinski definition) is 1. The highest BCUT2D eigenvalue weighted by Crippen LogP contribution is 2.31.